The van der Waals surface area contributed by atoms with Crippen LogP contribution in [0.5, 0.6) is 0 Å². The third-order valence-corrected chi connectivity index (χ3v) is 4.08. The Hall–Kier alpha value is -1.54. The first-order chi connectivity index (χ1) is 11.6. The molecule has 138 valence electrons. The quantitative estimate of drug-likeness (QED) is 0.337. The van der Waals surface area contributed by atoms with Crippen molar-refractivity contribution in [3.63, 3.8) is 0 Å². The molecule has 0 aliphatic carbocycles. The summed E-state index contributed by atoms with van der Waals surface area (Å²) in [5.41, 5.74) is 1.28. The highest BCUT2D eigenvalue weighted by molar-refractivity contribution is 14.0. The number of aliphatic hydroxyl groups is 1. The normalized spacial score (nSPS) is 15.0. The Labute approximate surface area is 167 Å². The van der Waals surface area contributed by atoms with Crippen molar-refractivity contribution in [3.05, 3.63) is 60.1 Å². The van der Waals surface area contributed by atoms with Crippen LogP contribution in [-0.2, 0) is 0 Å². The molecule has 5 nitrogen and oxygen atoms in total. The number of nitrogens with one attached hydrogen (secondary N) is 2. The Morgan fingerprint density at radius 1 is 1.16 bits per heavy atom. The van der Waals surface area contributed by atoms with E-state index in [-0.39, 0.29) is 36.6 Å². The van der Waals surface area contributed by atoms with Gasteiger partial charge in [0.25, 0.3) is 0 Å². The van der Waals surface area contributed by atoms with Gasteiger partial charge in [-0.3, -0.25) is 4.99 Å². The number of hydrogen-bond donors (Lipinski definition) is 3. The van der Waals surface area contributed by atoms with Crippen molar-refractivity contribution in [1.29, 1.82) is 0 Å². The molecule has 2 rings (SSSR count). The van der Waals surface area contributed by atoms with Crippen molar-refractivity contribution in [2.75, 3.05) is 13.1 Å². The first-order valence-corrected chi connectivity index (χ1v) is 8.43. The zero-order valence-electron chi connectivity index (χ0n) is 15.0. The van der Waals surface area contributed by atoms with E-state index in [9.17, 15) is 5.11 Å². The van der Waals surface area contributed by atoms with E-state index in [0.29, 0.717) is 17.6 Å². The number of furan rings is 1. The first kappa shape index (κ1) is 21.5. The van der Waals surface area contributed by atoms with Crippen LogP contribution in [0.15, 0.2) is 58.1 Å². The van der Waals surface area contributed by atoms with Crippen LogP contribution in [0.25, 0.3) is 0 Å². The number of nitrogens with zero attached hydrogens (tertiary/aromatic N) is 1. The maximum atomic E-state index is 10.1. The Balaban J connectivity index is 0.00000312. The van der Waals surface area contributed by atoms with E-state index in [1.165, 1.54) is 5.56 Å². The fourth-order valence-corrected chi connectivity index (χ4v) is 2.45. The van der Waals surface area contributed by atoms with E-state index in [1.54, 1.807) is 18.4 Å². The molecule has 0 saturated heterocycles. The summed E-state index contributed by atoms with van der Waals surface area (Å²) in [6.07, 6.45) is 0.812. The molecule has 3 unspecified atom stereocenters. The Morgan fingerprint density at radius 2 is 1.88 bits per heavy atom. The van der Waals surface area contributed by atoms with Gasteiger partial charge in [0.15, 0.2) is 5.96 Å². The lowest BCUT2D eigenvalue weighted by atomic mass is 9.94. The van der Waals surface area contributed by atoms with Gasteiger partial charge in [0.1, 0.15) is 11.9 Å². The Kier molecular flexibility index (Phi) is 9.59. The van der Waals surface area contributed by atoms with Crippen molar-refractivity contribution in [2.45, 2.75) is 38.8 Å². The highest BCUT2D eigenvalue weighted by Crippen LogP contribution is 2.18. The van der Waals surface area contributed by atoms with Crippen LogP contribution in [0.4, 0.5) is 0 Å². The lowest BCUT2D eigenvalue weighted by Crippen LogP contribution is -2.44. The molecule has 0 radical (unpaired) electrons. The summed E-state index contributed by atoms with van der Waals surface area (Å²) in [4.78, 5) is 4.47. The van der Waals surface area contributed by atoms with Gasteiger partial charge in [-0.05, 0) is 31.5 Å². The van der Waals surface area contributed by atoms with E-state index in [0.717, 1.165) is 6.54 Å². The predicted octanol–water partition coefficient (Wildman–Crippen LogP) is 3.68. The van der Waals surface area contributed by atoms with Crippen LogP contribution in [0, 0.1) is 0 Å². The van der Waals surface area contributed by atoms with E-state index < -0.39 is 6.10 Å². The molecule has 0 aliphatic heterocycles. The van der Waals surface area contributed by atoms with Crippen LogP contribution in [0.2, 0.25) is 0 Å². The summed E-state index contributed by atoms with van der Waals surface area (Å²) >= 11 is 0. The number of rotatable bonds is 7. The molecule has 25 heavy (non-hydrogen) atoms. The second-order valence-electron chi connectivity index (χ2n) is 5.88. The smallest absolute Gasteiger partial charge is 0.191 e. The van der Waals surface area contributed by atoms with Gasteiger partial charge < -0.3 is 20.2 Å². The van der Waals surface area contributed by atoms with Crippen molar-refractivity contribution in [2.24, 2.45) is 4.99 Å². The molecule has 1 heterocycles. The number of aliphatic imine (C=N–C) groups is 1. The second-order valence-corrected chi connectivity index (χ2v) is 5.88. The second kappa shape index (κ2) is 11.1. The molecular formula is C19H28IN3O2. The molecule has 1 aromatic carbocycles. The van der Waals surface area contributed by atoms with Gasteiger partial charge in [-0.1, -0.05) is 37.3 Å². The molecule has 0 fully saturated rings. The fraction of sp³-hybridized carbons (Fsp3) is 0.421. The molecule has 2 aromatic rings. The predicted molar refractivity (Wildman–Crippen MR) is 113 cm³/mol. The molecule has 3 atom stereocenters. The summed E-state index contributed by atoms with van der Waals surface area (Å²) in [6.45, 7) is 7.34. The van der Waals surface area contributed by atoms with Gasteiger partial charge in [-0.15, -0.1) is 24.0 Å². The molecule has 3 N–H and O–H groups in total. The van der Waals surface area contributed by atoms with E-state index in [1.807, 2.05) is 13.0 Å². The molecule has 0 amide bonds. The van der Waals surface area contributed by atoms with Crippen molar-refractivity contribution >= 4 is 29.9 Å². The topological polar surface area (TPSA) is 69.8 Å². The number of guanidine groups is 1. The molecule has 0 saturated carbocycles. The fourth-order valence-electron chi connectivity index (χ4n) is 2.45. The van der Waals surface area contributed by atoms with Crippen LogP contribution < -0.4 is 10.6 Å². The molecule has 0 aliphatic rings. The third kappa shape index (κ3) is 6.70. The number of hydrogen-bond acceptors (Lipinski definition) is 3. The maximum absolute atomic E-state index is 10.1. The number of benzene rings is 1. The molecule has 0 bridgehead atoms. The minimum atomic E-state index is -0.739. The van der Waals surface area contributed by atoms with E-state index >= 15 is 0 Å². The van der Waals surface area contributed by atoms with Gasteiger partial charge in [0.2, 0.25) is 0 Å². The molecule has 0 spiro atoms. The van der Waals surface area contributed by atoms with Crippen LogP contribution in [-0.4, -0.2) is 30.2 Å². The van der Waals surface area contributed by atoms with Gasteiger partial charge in [0, 0.05) is 18.5 Å². The lowest BCUT2D eigenvalue weighted by molar-refractivity contribution is 0.158. The monoisotopic (exact) mass is 457 g/mol. The summed E-state index contributed by atoms with van der Waals surface area (Å²) in [5, 5.41) is 16.7. The first-order valence-electron chi connectivity index (χ1n) is 8.43. The number of halogens is 1. The highest BCUT2D eigenvalue weighted by atomic mass is 127. The maximum Gasteiger partial charge on any atom is 0.191 e. The minimum absolute atomic E-state index is 0. The largest absolute Gasteiger partial charge is 0.467 e. The average Bonchev–Trinajstić information content (AvgIpc) is 3.14. The lowest BCUT2D eigenvalue weighted by Gasteiger charge is -2.24. The van der Waals surface area contributed by atoms with E-state index in [2.05, 4.69) is 53.7 Å². The van der Waals surface area contributed by atoms with Crippen LogP contribution >= 0.6 is 24.0 Å². The molecular weight excluding hydrogens is 429 g/mol. The number of aliphatic hydroxyl groups excluding tert-OH is 1. The zero-order valence-corrected chi connectivity index (χ0v) is 17.3. The van der Waals surface area contributed by atoms with Gasteiger partial charge in [0.05, 0.1) is 12.8 Å². The van der Waals surface area contributed by atoms with Gasteiger partial charge in [-0.25, -0.2) is 0 Å². The average molecular weight is 457 g/mol. The van der Waals surface area contributed by atoms with Crippen LogP contribution in [0.3, 0.4) is 0 Å². The van der Waals surface area contributed by atoms with Crippen LogP contribution in [0.1, 0.15) is 44.1 Å². The summed E-state index contributed by atoms with van der Waals surface area (Å²) in [5.74, 6) is 1.56. The summed E-state index contributed by atoms with van der Waals surface area (Å²) < 4.78 is 5.20. The van der Waals surface area contributed by atoms with Gasteiger partial charge in [-0.2, -0.15) is 0 Å². The summed E-state index contributed by atoms with van der Waals surface area (Å²) in [6, 6.07) is 14.1. The minimum Gasteiger partial charge on any atom is -0.467 e. The Bertz CT molecular complexity index is 617. The Morgan fingerprint density at radius 3 is 2.48 bits per heavy atom. The molecule has 6 heteroatoms. The summed E-state index contributed by atoms with van der Waals surface area (Å²) in [7, 11) is 0. The van der Waals surface area contributed by atoms with Crippen molar-refractivity contribution < 1.29 is 9.52 Å². The molecule has 1 aromatic heterocycles. The highest BCUT2D eigenvalue weighted by Gasteiger charge is 2.16. The third-order valence-electron chi connectivity index (χ3n) is 4.08. The standard InChI is InChI=1S/C19H27N3O2.HI/c1-4-20-19(21-13-17(23)18-11-8-12-24-18)22-15(3)14(2)16-9-6-5-7-10-16;/h5-12,14-15,17,23H,4,13H2,1-3H3,(H2,20,21,22);1H. The van der Waals surface area contributed by atoms with Crippen molar-refractivity contribution in [1.82, 2.24) is 10.6 Å². The SMILES string of the molecule is CCNC(=NCC(O)c1ccco1)NC(C)C(C)c1ccccc1.I. The van der Waals surface area contributed by atoms with Crippen molar-refractivity contribution in [3.8, 4) is 0 Å². The zero-order chi connectivity index (χ0) is 17.4. The van der Waals surface area contributed by atoms with E-state index in [4.69, 9.17) is 4.42 Å². The van der Waals surface area contributed by atoms with Gasteiger partial charge >= 0.3 is 0 Å².